The molecule has 3 rings (SSSR count). The Morgan fingerprint density at radius 1 is 1.08 bits per heavy atom. The van der Waals surface area contributed by atoms with Crippen molar-refractivity contribution >= 4 is 5.57 Å². The second-order valence-corrected chi connectivity index (χ2v) is 6.20. The van der Waals surface area contributed by atoms with Gasteiger partial charge in [0.1, 0.15) is 30.0 Å². The molecule has 5 heteroatoms. The molecule has 1 aliphatic heterocycles. The van der Waals surface area contributed by atoms with Crippen molar-refractivity contribution in [3.63, 3.8) is 0 Å². The van der Waals surface area contributed by atoms with Crippen molar-refractivity contribution in [3.8, 4) is 11.5 Å². The molecule has 0 unspecified atom stereocenters. The van der Waals surface area contributed by atoms with E-state index in [2.05, 4.69) is 11.0 Å². The molecule has 1 heterocycles. The van der Waals surface area contributed by atoms with Crippen molar-refractivity contribution in [3.05, 3.63) is 66.0 Å². The van der Waals surface area contributed by atoms with Crippen LogP contribution in [0.15, 0.2) is 54.6 Å². The molecule has 25 heavy (non-hydrogen) atoms. The zero-order valence-corrected chi connectivity index (χ0v) is 13.9. The molecule has 1 aliphatic rings. The predicted octanol–water partition coefficient (Wildman–Crippen LogP) is 3.06. The molecule has 0 saturated heterocycles. The summed E-state index contributed by atoms with van der Waals surface area (Å²) in [6.07, 6.45) is 2.45. The van der Waals surface area contributed by atoms with Crippen molar-refractivity contribution in [2.45, 2.75) is 12.5 Å². The molecule has 0 saturated carbocycles. The third kappa shape index (κ3) is 5.05. The lowest BCUT2D eigenvalue weighted by Gasteiger charge is -2.28. The smallest absolute Gasteiger partial charge is 0.123 e. The summed E-state index contributed by atoms with van der Waals surface area (Å²) in [7, 11) is 0. The number of rotatable bonds is 6. The molecular weight excluding hydrogens is 321 g/mol. The van der Waals surface area contributed by atoms with Gasteiger partial charge in [-0.3, -0.25) is 4.90 Å². The number of hydrogen-bond acceptors (Lipinski definition) is 4. The Morgan fingerprint density at radius 2 is 1.80 bits per heavy atom. The van der Waals surface area contributed by atoms with Gasteiger partial charge in [0.25, 0.3) is 0 Å². The van der Waals surface area contributed by atoms with Crippen LogP contribution in [-0.2, 0) is 0 Å². The molecule has 2 aromatic rings. The van der Waals surface area contributed by atoms with Crippen LogP contribution in [-0.4, -0.2) is 47.5 Å². The summed E-state index contributed by atoms with van der Waals surface area (Å²) in [6, 6.07) is 13.0. The Labute approximate surface area is 146 Å². The van der Waals surface area contributed by atoms with Gasteiger partial charge in [-0.05, 0) is 54.0 Å². The normalized spacial score (nSPS) is 16.3. The number of hydrogen-bond donors (Lipinski definition) is 2. The maximum Gasteiger partial charge on any atom is 0.123 e. The third-order valence-electron chi connectivity index (χ3n) is 4.26. The first-order valence-electron chi connectivity index (χ1n) is 8.37. The lowest BCUT2D eigenvalue weighted by Crippen LogP contribution is -2.38. The number of phenolic OH excluding ortho intramolecular Hbond substituents is 1. The predicted molar refractivity (Wildman–Crippen MR) is 95.0 cm³/mol. The number of ether oxygens (including phenoxy) is 1. The van der Waals surface area contributed by atoms with E-state index in [1.165, 1.54) is 17.7 Å². The van der Waals surface area contributed by atoms with E-state index in [0.717, 1.165) is 25.1 Å². The van der Waals surface area contributed by atoms with Gasteiger partial charge < -0.3 is 14.9 Å². The van der Waals surface area contributed by atoms with E-state index in [-0.39, 0.29) is 18.2 Å². The van der Waals surface area contributed by atoms with E-state index in [1.807, 2.05) is 12.1 Å². The molecule has 0 aliphatic carbocycles. The summed E-state index contributed by atoms with van der Waals surface area (Å²) in [5, 5.41) is 19.5. The first-order valence-corrected chi connectivity index (χ1v) is 8.37. The Balaban J connectivity index is 1.46. The summed E-state index contributed by atoms with van der Waals surface area (Å²) in [6.45, 7) is 2.33. The van der Waals surface area contributed by atoms with Gasteiger partial charge in [-0.15, -0.1) is 0 Å². The van der Waals surface area contributed by atoms with Gasteiger partial charge in [-0.2, -0.15) is 0 Å². The molecule has 1 atom stereocenters. The minimum absolute atomic E-state index is 0.177. The number of aliphatic hydroxyl groups excluding tert-OH is 1. The van der Waals surface area contributed by atoms with Crippen LogP contribution in [0.5, 0.6) is 11.5 Å². The van der Waals surface area contributed by atoms with Gasteiger partial charge in [0.2, 0.25) is 0 Å². The molecule has 0 aromatic heterocycles. The van der Waals surface area contributed by atoms with Gasteiger partial charge in [0.15, 0.2) is 0 Å². The Bertz CT molecular complexity index is 713. The van der Waals surface area contributed by atoms with Crippen LogP contribution in [0.4, 0.5) is 4.39 Å². The fourth-order valence-corrected chi connectivity index (χ4v) is 2.89. The number of nitrogens with zero attached hydrogens (tertiary/aromatic N) is 1. The van der Waals surface area contributed by atoms with E-state index >= 15 is 0 Å². The maximum atomic E-state index is 12.8. The highest BCUT2D eigenvalue weighted by Gasteiger charge is 2.16. The summed E-state index contributed by atoms with van der Waals surface area (Å²) < 4.78 is 18.3. The van der Waals surface area contributed by atoms with Crippen LogP contribution >= 0.6 is 0 Å². The maximum absolute atomic E-state index is 12.8. The highest BCUT2D eigenvalue weighted by atomic mass is 19.1. The van der Waals surface area contributed by atoms with Gasteiger partial charge in [-0.25, -0.2) is 4.39 Å². The average molecular weight is 343 g/mol. The van der Waals surface area contributed by atoms with Crippen molar-refractivity contribution in [1.82, 2.24) is 4.90 Å². The lowest BCUT2D eigenvalue weighted by molar-refractivity contribution is 0.0716. The molecule has 132 valence electrons. The Kier molecular flexibility index (Phi) is 5.68. The van der Waals surface area contributed by atoms with Crippen LogP contribution in [0.25, 0.3) is 5.57 Å². The molecule has 4 nitrogen and oxygen atoms in total. The molecule has 0 spiro atoms. The zero-order chi connectivity index (χ0) is 17.6. The average Bonchev–Trinajstić information content (AvgIpc) is 2.63. The topological polar surface area (TPSA) is 52.9 Å². The molecule has 2 aromatic carbocycles. The molecule has 0 fully saturated rings. The van der Waals surface area contributed by atoms with E-state index in [0.29, 0.717) is 12.3 Å². The van der Waals surface area contributed by atoms with Crippen molar-refractivity contribution < 1.29 is 19.3 Å². The highest BCUT2D eigenvalue weighted by Crippen LogP contribution is 2.24. The molecule has 0 radical (unpaired) electrons. The SMILES string of the molecule is Oc1ccc(C2=CCN(C[C@H](O)COc3ccc(F)cc3)CC2)cc1. The Hall–Kier alpha value is -2.37. The van der Waals surface area contributed by atoms with Crippen LogP contribution in [0, 0.1) is 5.82 Å². The fraction of sp³-hybridized carbons (Fsp3) is 0.300. The number of benzene rings is 2. The van der Waals surface area contributed by atoms with Crippen molar-refractivity contribution in [2.24, 2.45) is 0 Å². The minimum Gasteiger partial charge on any atom is -0.508 e. The van der Waals surface area contributed by atoms with Crippen LogP contribution in [0.3, 0.4) is 0 Å². The summed E-state index contributed by atoms with van der Waals surface area (Å²) >= 11 is 0. The number of phenols is 1. The van der Waals surface area contributed by atoms with E-state index in [1.54, 1.807) is 24.3 Å². The third-order valence-corrected chi connectivity index (χ3v) is 4.26. The molecule has 2 N–H and O–H groups in total. The lowest BCUT2D eigenvalue weighted by atomic mass is 9.99. The van der Waals surface area contributed by atoms with Crippen LogP contribution in [0.1, 0.15) is 12.0 Å². The summed E-state index contributed by atoms with van der Waals surface area (Å²) in [5.41, 5.74) is 2.38. The number of β-amino-alcohol motifs (C(OH)–C–C–N with tert-alkyl or cyclic N) is 1. The van der Waals surface area contributed by atoms with Crippen LogP contribution in [0.2, 0.25) is 0 Å². The minimum atomic E-state index is -0.603. The van der Waals surface area contributed by atoms with Crippen molar-refractivity contribution in [2.75, 3.05) is 26.2 Å². The Morgan fingerprint density at radius 3 is 2.44 bits per heavy atom. The summed E-state index contributed by atoms with van der Waals surface area (Å²) in [4.78, 5) is 2.17. The van der Waals surface area contributed by atoms with Gasteiger partial charge in [-0.1, -0.05) is 18.2 Å². The first kappa shape index (κ1) is 17.5. The van der Waals surface area contributed by atoms with E-state index < -0.39 is 6.10 Å². The largest absolute Gasteiger partial charge is 0.508 e. The summed E-state index contributed by atoms with van der Waals surface area (Å²) in [5.74, 6) is 0.511. The van der Waals surface area contributed by atoms with Crippen molar-refractivity contribution in [1.29, 1.82) is 0 Å². The van der Waals surface area contributed by atoms with Gasteiger partial charge in [0.05, 0.1) is 0 Å². The first-order chi connectivity index (χ1) is 12.1. The quantitative estimate of drug-likeness (QED) is 0.846. The van der Waals surface area contributed by atoms with Gasteiger partial charge in [0, 0.05) is 19.6 Å². The fourth-order valence-electron chi connectivity index (χ4n) is 2.89. The van der Waals surface area contributed by atoms with E-state index in [9.17, 15) is 14.6 Å². The standard InChI is InChI=1S/C20H22FNO3/c21-17-3-7-20(8-4-17)25-14-19(24)13-22-11-9-16(10-12-22)15-1-5-18(23)6-2-15/h1-9,19,23-24H,10-14H2/t19-/m0/s1. The van der Waals surface area contributed by atoms with E-state index in [4.69, 9.17) is 4.74 Å². The molecule has 0 amide bonds. The monoisotopic (exact) mass is 343 g/mol. The van der Waals surface area contributed by atoms with Gasteiger partial charge >= 0.3 is 0 Å². The number of halogens is 1. The van der Waals surface area contributed by atoms with Crippen LogP contribution < -0.4 is 4.74 Å². The second kappa shape index (κ2) is 8.14. The highest BCUT2D eigenvalue weighted by molar-refractivity contribution is 5.67. The number of aromatic hydroxyl groups is 1. The zero-order valence-electron chi connectivity index (χ0n) is 13.9. The number of aliphatic hydroxyl groups is 1. The second-order valence-electron chi connectivity index (χ2n) is 6.20. The molecular formula is C20H22FNO3. The molecule has 0 bridgehead atoms.